The summed E-state index contributed by atoms with van der Waals surface area (Å²) in [6.45, 7) is 8.61. The highest BCUT2D eigenvalue weighted by Gasteiger charge is 2.04. The van der Waals surface area contributed by atoms with Crippen molar-refractivity contribution in [3.8, 4) is 0 Å². The van der Waals surface area contributed by atoms with Gasteiger partial charge in [-0.3, -0.25) is 4.79 Å². The van der Waals surface area contributed by atoms with Crippen molar-refractivity contribution < 1.29 is 9.53 Å². The second-order valence-electron chi connectivity index (χ2n) is 8.05. The Morgan fingerprint density at radius 1 is 1.00 bits per heavy atom. The molecule has 0 aliphatic rings. The van der Waals surface area contributed by atoms with Crippen LogP contribution in [0, 0.1) is 0 Å². The average Bonchev–Trinajstić information content (AvgIpc) is 2.62. The van der Waals surface area contributed by atoms with Gasteiger partial charge in [-0.1, -0.05) is 62.2 Å². The van der Waals surface area contributed by atoms with E-state index in [0.717, 1.165) is 17.7 Å². The maximum Gasteiger partial charge on any atom is 0.250 e. The Bertz CT molecular complexity index is 673. The van der Waals surface area contributed by atoms with Crippen LogP contribution in [0.2, 0.25) is 0 Å². The predicted octanol–water partition coefficient (Wildman–Crippen LogP) is 5.32. The molecule has 0 spiro atoms. The first-order valence-electron chi connectivity index (χ1n) is 10.1. The fourth-order valence-corrected chi connectivity index (χ4v) is 2.42. The smallest absolute Gasteiger partial charge is 0.250 e. The van der Waals surface area contributed by atoms with E-state index in [2.05, 4.69) is 18.3 Å². The predicted molar refractivity (Wildman–Crippen MR) is 118 cm³/mol. The summed E-state index contributed by atoms with van der Waals surface area (Å²) < 4.78 is 5.45. The standard InChI is InChI=1S/C20H25NO2.C4H11N/c1-2-3-5-9-17-12-8-13-19(14-17)21-20(22)16-23-15-18-10-6-4-7-11-18;1-4(2,3)5/h4,6-8,10-14H,2-3,5,9,15-16H2,1H3,(H,21,22);5H2,1-3H3. The molecule has 2 aromatic carbocycles. The third-order valence-electron chi connectivity index (χ3n) is 3.62. The van der Waals surface area contributed by atoms with Crippen molar-refractivity contribution >= 4 is 11.6 Å². The van der Waals surface area contributed by atoms with Gasteiger partial charge < -0.3 is 15.8 Å². The number of ether oxygens (including phenoxy) is 1. The molecule has 3 N–H and O–H groups in total. The van der Waals surface area contributed by atoms with Crippen LogP contribution in [0.1, 0.15) is 58.1 Å². The molecule has 0 unspecified atom stereocenters. The van der Waals surface area contributed by atoms with Gasteiger partial charge in [-0.15, -0.1) is 0 Å². The number of amides is 1. The van der Waals surface area contributed by atoms with Crippen LogP contribution >= 0.6 is 0 Å². The van der Waals surface area contributed by atoms with Gasteiger partial charge in [0, 0.05) is 11.2 Å². The molecule has 0 aliphatic carbocycles. The summed E-state index contributed by atoms with van der Waals surface area (Å²) >= 11 is 0. The maximum absolute atomic E-state index is 11.9. The summed E-state index contributed by atoms with van der Waals surface area (Å²) in [5.41, 5.74) is 8.53. The Hall–Kier alpha value is -2.17. The average molecular weight is 385 g/mol. The summed E-state index contributed by atoms with van der Waals surface area (Å²) in [5, 5.41) is 2.90. The molecular weight excluding hydrogens is 348 g/mol. The lowest BCUT2D eigenvalue weighted by atomic mass is 10.1. The molecule has 0 fully saturated rings. The first kappa shape index (κ1) is 23.9. The number of anilines is 1. The second kappa shape index (κ2) is 13.1. The van der Waals surface area contributed by atoms with E-state index in [1.54, 1.807) is 0 Å². The Labute approximate surface area is 170 Å². The molecule has 0 aliphatic heterocycles. The zero-order valence-electron chi connectivity index (χ0n) is 17.8. The van der Waals surface area contributed by atoms with Crippen molar-refractivity contribution in [2.45, 2.75) is 65.5 Å². The molecular formula is C24H36N2O2. The van der Waals surface area contributed by atoms with Crippen LogP contribution in [-0.2, 0) is 22.6 Å². The monoisotopic (exact) mass is 384 g/mol. The zero-order valence-corrected chi connectivity index (χ0v) is 17.8. The van der Waals surface area contributed by atoms with Crippen LogP contribution < -0.4 is 11.1 Å². The van der Waals surface area contributed by atoms with E-state index < -0.39 is 0 Å². The number of aryl methyl sites for hydroxylation is 1. The molecule has 2 rings (SSSR count). The van der Waals surface area contributed by atoms with Gasteiger partial charge in [0.2, 0.25) is 5.91 Å². The van der Waals surface area contributed by atoms with Crippen LogP contribution in [0.15, 0.2) is 54.6 Å². The fraction of sp³-hybridized carbons (Fsp3) is 0.458. The van der Waals surface area contributed by atoms with E-state index in [1.165, 1.54) is 24.8 Å². The molecule has 0 saturated carbocycles. The third-order valence-corrected chi connectivity index (χ3v) is 3.62. The minimum atomic E-state index is -0.119. The zero-order chi connectivity index (χ0) is 20.8. The minimum absolute atomic E-state index is 0. The minimum Gasteiger partial charge on any atom is -0.367 e. The normalized spacial score (nSPS) is 10.8. The number of carbonyl (C=O) groups is 1. The number of rotatable bonds is 9. The molecule has 4 heteroatoms. The van der Waals surface area contributed by atoms with Gasteiger partial charge in [0.1, 0.15) is 6.61 Å². The largest absolute Gasteiger partial charge is 0.367 e. The highest BCUT2D eigenvalue weighted by Crippen LogP contribution is 2.13. The summed E-state index contributed by atoms with van der Waals surface area (Å²) in [6, 6.07) is 17.9. The molecule has 28 heavy (non-hydrogen) atoms. The number of hydrogen-bond donors (Lipinski definition) is 2. The molecule has 0 aromatic heterocycles. The first-order chi connectivity index (χ1) is 13.3. The van der Waals surface area contributed by atoms with Crippen molar-refractivity contribution in [2.75, 3.05) is 11.9 Å². The number of unbranched alkanes of at least 4 members (excludes halogenated alkanes) is 2. The number of carbonyl (C=O) groups excluding carboxylic acids is 1. The van der Waals surface area contributed by atoms with Crippen molar-refractivity contribution in [2.24, 2.45) is 5.73 Å². The van der Waals surface area contributed by atoms with Crippen LogP contribution in [0.3, 0.4) is 0 Å². The van der Waals surface area contributed by atoms with Crippen LogP contribution in [-0.4, -0.2) is 18.1 Å². The molecule has 2 aromatic rings. The lowest BCUT2D eigenvalue weighted by Gasteiger charge is -2.08. The summed E-state index contributed by atoms with van der Waals surface area (Å²) in [6.07, 6.45) is 4.70. The van der Waals surface area contributed by atoms with E-state index in [4.69, 9.17) is 10.5 Å². The van der Waals surface area contributed by atoms with E-state index in [1.807, 2.05) is 69.3 Å². The Kier molecular flexibility index (Phi) is 11.2. The van der Waals surface area contributed by atoms with Crippen molar-refractivity contribution in [1.82, 2.24) is 0 Å². The molecule has 0 saturated heterocycles. The quantitative estimate of drug-likeness (QED) is 0.575. The molecule has 0 bridgehead atoms. The first-order valence-corrected chi connectivity index (χ1v) is 10.1. The Morgan fingerprint density at radius 3 is 2.29 bits per heavy atom. The van der Waals surface area contributed by atoms with E-state index in [9.17, 15) is 4.79 Å². The van der Waals surface area contributed by atoms with Gasteiger partial charge in [0.25, 0.3) is 0 Å². The molecule has 1 amide bonds. The second-order valence-corrected chi connectivity index (χ2v) is 8.05. The van der Waals surface area contributed by atoms with E-state index in [-0.39, 0.29) is 18.1 Å². The van der Waals surface area contributed by atoms with Gasteiger partial charge in [0.05, 0.1) is 6.61 Å². The maximum atomic E-state index is 11.9. The number of benzene rings is 2. The van der Waals surface area contributed by atoms with Gasteiger partial charge in [0.15, 0.2) is 0 Å². The van der Waals surface area contributed by atoms with E-state index >= 15 is 0 Å². The van der Waals surface area contributed by atoms with E-state index in [0.29, 0.717) is 6.61 Å². The van der Waals surface area contributed by atoms with Crippen LogP contribution in [0.5, 0.6) is 0 Å². The van der Waals surface area contributed by atoms with Gasteiger partial charge in [-0.25, -0.2) is 0 Å². The fourth-order valence-electron chi connectivity index (χ4n) is 2.42. The molecule has 0 radical (unpaired) electrons. The number of nitrogens with one attached hydrogen (secondary N) is 1. The lowest BCUT2D eigenvalue weighted by Crippen LogP contribution is -2.26. The molecule has 0 atom stereocenters. The van der Waals surface area contributed by atoms with Crippen molar-refractivity contribution in [3.05, 3.63) is 65.7 Å². The highest BCUT2D eigenvalue weighted by atomic mass is 16.5. The van der Waals surface area contributed by atoms with Gasteiger partial charge >= 0.3 is 0 Å². The number of hydrogen-bond acceptors (Lipinski definition) is 3. The lowest BCUT2D eigenvalue weighted by molar-refractivity contribution is -0.121. The molecule has 154 valence electrons. The van der Waals surface area contributed by atoms with Crippen LogP contribution in [0.25, 0.3) is 0 Å². The highest BCUT2D eigenvalue weighted by molar-refractivity contribution is 5.91. The molecule has 4 nitrogen and oxygen atoms in total. The number of nitrogens with two attached hydrogens (primary N) is 1. The van der Waals surface area contributed by atoms with Crippen LogP contribution in [0.4, 0.5) is 5.69 Å². The molecule has 0 heterocycles. The summed E-state index contributed by atoms with van der Waals surface area (Å²) in [4.78, 5) is 11.9. The Balaban J connectivity index is 0.000000696. The Morgan fingerprint density at radius 2 is 1.64 bits per heavy atom. The van der Waals surface area contributed by atoms with Crippen molar-refractivity contribution in [1.29, 1.82) is 0 Å². The van der Waals surface area contributed by atoms with Gasteiger partial charge in [-0.2, -0.15) is 0 Å². The topological polar surface area (TPSA) is 64.3 Å². The van der Waals surface area contributed by atoms with Gasteiger partial charge in [-0.05, 0) is 56.9 Å². The third kappa shape index (κ3) is 13.1. The SMILES string of the molecule is CC(C)(C)N.CCCCCc1cccc(NC(=O)COCc2ccccc2)c1. The van der Waals surface area contributed by atoms with Crippen molar-refractivity contribution in [3.63, 3.8) is 0 Å². The summed E-state index contributed by atoms with van der Waals surface area (Å²) in [5.74, 6) is -0.119. The summed E-state index contributed by atoms with van der Waals surface area (Å²) in [7, 11) is 0.